The number of carbonyl (C=O) groups excluding carboxylic acids is 1. The van der Waals surface area contributed by atoms with Gasteiger partial charge in [-0.05, 0) is 25.2 Å². The molecule has 0 aromatic rings. The zero-order chi connectivity index (χ0) is 13.2. The summed E-state index contributed by atoms with van der Waals surface area (Å²) in [4.78, 5) is 14.2. The lowest BCUT2D eigenvalue weighted by Crippen LogP contribution is -2.55. The van der Waals surface area contributed by atoms with Crippen LogP contribution in [0.5, 0.6) is 0 Å². The molecule has 1 fully saturated rings. The van der Waals surface area contributed by atoms with E-state index in [0.717, 1.165) is 19.4 Å². The SMILES string of the molecule is COC1CCN(C(=O)C(N)C(C)(C)C)C(C)C1. The molecule has 3 unspecified atom stereocenters. The second kappa shape index (κ2) is 5.36. The first-order valence-electron chi connectivity index (χ1n) is 6.36. The molecule has 4 heteroatoms. The number of carbonyl (C=O) groups is 1. The first-order valence-corrected chi connectivity index (χ1v) is 6.36. The van der Waals surface area contributed by atoms with E-state index in [1.54, 1.807) is 7.11 Å². The van der Waals surface area contributed by atoms with Gasteiger partial charge in [0.1, 0.15) is 0 Å². The third-order valence-electron chi connectivity index (χ3n) is 3.64. The average Bonchev–Trinajstić information content (AvgIpc) is 2.25. The molecule has 1 heterocycles. The average molecular weight is 242 g/mol. The maximum Gasteiger partial charge on any atom is 0.240 e. The predicted molar refractivity (Wildman–Crippen MR) is 68.6 cm³/mol. The van der Waals surface area contributed by atoms with Crippen LogP contribution in [0.2, 0.25) is 0 Å². The Morgan fingerprint density at radius 1 is 1.47 bits per heavy atom. The summed E-state index contributed by atoms with van der Waals surface area (Å²) in [6.45, 7) is 8.83. The molecule has 0 bridgehead atoms. The summed E-state index contributed by atoms with van der Waals surface area (Å²) in [5.41, 5.74) is 5.85. The number of hydrogen-bond donors (Lipinski definition) is 1. The van der Waals surface area contributed by atoms with Gasteiger partial charge >= 0.3 is 0 Å². The summed E-state index contributed by atoms with van der Waals surface area (Å²) in [6.07, 6.45) is 2.09. The van der Waals surface area contributed by atoms with Gasteiger partial charge in [-0.25, -0.2) is 0 Å². The third kappa shape index (κ3) is 3.42. The Kier molecular flexibility index (Phi) is 4.55. The van der Waals surface area contributed by atoms with Crippen LogP contribution in [0, 0.1) is 5.41 Å². The molecule has 0 spiro atoms. The summed E-state index contributed by atoms with van der Waals surface area (Å²) >= 11 is 0. The van der Waals surface area contributed by atoms with Gasteiger partial charge < -0.3 is 15.4 Å². The van der Waals surface area contributed by atoms with Gasteiger partial charge in [0.05, 0.1) is 12.1 Å². The van der Waals surface area contributed by atoms with Gasteiger partial charge in [0.25, 0.3) is 0 Å². The van der Waals surface area contributed by atoms with Crippen LogP contribution < -0.4 is 5.73 Å². The fourth-order valence-corrected chi connectivity index (χ4v) is 2.22. The molecule has 0 radical (unpaired) electrons. The molecule has 0 saturated carbocycles. The van der Waals surface area contributed by atoms with Gasteiger partial charge in [0, 0.05) is 19.7 Å². The third-order valence-corrected chi connectivity index (χ3v) is 3.64. The lowest BCUT2D eigenvalue weighted by Gasteiger charge is -2.40. The molecule has 0 aromatic carbocycles. The maximum absolute atomic E-state index is 12.3. The van der Waals surface area contributed by atoms with E-state index >= 15 is 0 Å². The highest BCUT2D eigenvalue weighted by molar-refractivity contribution is 5.82. The van der Waals surface area contributed by atoms with Crippen molar-refractivity contribution in [3.8, 4) is 0 Å². The lowest BCUT2D eigenvalue weighted by molar-refractivity contribution is -0.140. The van der Waals surface area contributed by atoms with Gasteiger partial charge in [0.15, 0.2) is 0 Å². The Balaban J connectivity index is 2.65. The van der Waals surface area contributed by atoms with E-state index in [-0.39, 0.29) is 23.5 Å². The standard InChI is InChI=1S/C13H26N2O2/c1-9-8-10(17-5)6-7-15(9)12(16)11(14)13(2,3)4/h9-11H,6-8,14H2,1-5H3. The summed E-state index contributed by atoms with van der Waals surface area (Å²) in [6, 6.07) is -0.210. The largest absolute Gasteiger partial charge is 0.381 e. The van der Waals surface area contributed by atoms with Crippen LogP contribution in [-0.4, -0.2) is 42.6 Å². The van der Waals surface area contributed by atoms with E-state index in [2.05, 4.69) is 6.92 Å². The van der Waals surface area contributed by atoms with Crippen LogP contribution in [0.1, 0.15) is 40.5 Å². The van der Waals surface area contributed by atoms with Crippen LogP contribution >= 0.6 is 0 Å². The van der Waals surface area contributed by atoms with Crippen molar-refractivity contribution < 1.29 is 9.53 Å². The van der Waals surface area contributed by atoms with Gasteiger partial charge in [-0.2, -0.15) is 0 Å². The molecular formula is C13H26N2O2. The monoisotopic (exact) mass is 242 g/mol. The number of methoxy groups -OCH3 is 1. The molecule has 4 nitrogen and oxygen atoms in total. The van der Waals surface area contributed by atoms with Gasteiger partial charge in [-0.15, -0.1) is 0 Å². The van der Waals surface area contributed by atoms with Gasteiger partial charge in [-0.1, -0.05) is 20.8 Å². The summed E-state index contributed by atoms with van der Waals surface area (Å²) in [5, 5.41) is 0. The fourth-order valence-electron chi connectivity index (χ4n) is 2.22. The van der Waals surface area contributed by atoms with Crippen LogP contribution in [0.4, 0.5) is 0 Å². The molecular weight excluding hydrogens is 216 g/mol. The molecule has 0 aliphatic carbocycles. The van der Waals surface area contributed by atoms with E-state index < -0.39 is 6.04 Å². The van der Waals surface area contributed by atoms with Crippen LogP contribution in [0.3, 0.4) is 0 Å². The number of ether oxygens (including phenoxy) is 1. The fraction of sp³-hybridized carbons (Fsp3) is 0.923. The van der Waals surface area contributed by atoms with Crippen LogP contribution in [0.25, 0.3) is 0 Å². The van der Waals surface area contributed by atoms with E-state index in [0.29, 0.717) is 0 Å². The quantitative estimate of drug-likeness (QED) is 0.796. The normalized spacial score (nSPS) is 28.0. The first-order chi connectivity index (χ1) is 7.77. The number of piperidine rings is 1. The smallest absolute Gasteiger partial charge is 0.240 e. The van der Waals surface area contributed by atoms with Crippen LogP contribution in [-0.2, 0) is 9.53 Å². The summed E-state index contributed by atoms with van der Waals surface area (Å²) in [7, 11) is 1.73. The van der Waals surface area contributed by atoms with Crippen molar-refractivity contribution in [2.24, 2.45) is 11.1 Å². The van der Waals surface area contributed by atoms with Crippen molar-refractivity contribution in [1.29, 1.82) is 0 Å². The van der Waals surface area contributed by atoms with Crippen molar-refractivity contribution in [2.45, 2.75) is 58.7 Å². The highest BCUT2D eigenvalue weighted by Gasteiger charge is 2.35. The van der Waals surface area contributed by atoms with E-state index in [9.17, 15) is 4.79 Å². The lowest BCUT2D eigenvalue weighted by atomic mass is 9.85. The van der Waals surface area contributed by atoms with Gasteiger partial charge in [-0.3, -0.25) is 4.79 Å². The Hall–Kier alpha value is -0.610. The van der Waals surface area contributed by atoms with Crippen molar-refractivity contribution in [3.63, 3.8) is 0 Å². The number of hydrogen-bond acceptors (Lipinski definition) is 3. The molecule has 1 rings (SSSR count). The zero-order valence-electron chi connectivity index (χ0n) is 11.7. The second-order valence-corrected chi connectivity index (χ2v) is 6.11. The first kappa shape index (κ1) is 14.5. The number of nitrogens with zero attached hydrogens (tertiary/aromatic N) is 1. The Morgan fingerprint density at radius 3 is 2.47 bits per heavy atom. The number of nitrogens with two attached hydrogens (primary N) is 1. The van der Waals surface area contributed by atoms with Crippen molar-refractivity contribution in [1.82, 2.24) is 4.90 Å². The molecule has 1 aliphatic rings. The molecule has 1 aliphatic heterocycles. The minimum Gasteiger partial charge on any atom is -0.381 e. The Bertz CT molecular complexity index is 273. The Labute approximate surface area is 104 Å². The van der Waals surface area contributed by atoms with Gasteiger partial charge in [0.2, 0.25) is 5.91 Å². The molecule has 17 heavy (non-hydrogen) atoms. The second-order valence-electron chi connectivity index (χ2n) is 6.11. The zero-order valence-corrected chi connectivity index (χ0v) is 11.7. The van der Waals surface area contributed by atoms with Crippen molar-refractivity contribution in [3.05, 3.63) is 0 Å². The molecule has 3 atom stereocenters. The van der Waals surface area contributed by atoms with E-state index in [4.69, 9.17) is 10.5 Å². The summed E-state index contributed by atoms with van der Waals surface area (Å²) in [5.74, 6) is 0.0690. The molecule has 100 valence electrons. The minimum atomic E-state index is -0.427. The van der Waals surface area contributed by atoms with E-state index in [1.165, 1.54) is 0 Å². The molecule has 1 saturated heterocycles. The highest BCUT2D eigenvalue weighted by Crippen LogP contribution is 2.24. The molecule has 2 N–H and O–H groups in total. The maximum atomic E-state index is 12.3. The molecule has 1 amide bonds. The minimum absolute atomic E-state index is 0.0690. The Morgan fingerprint density at radius 2 is 2.06 bits per heavy atom. The highest BCUT2D eigenvalue weighted by atomic mass is 16.5. The summed E-state index contributed by atoms with van der Waals surface area (Å²) < 4.78 is 5.35. The number of amides is 1. The van der Waals surface area contributed by atoms with E-state index in [1.807, 2.05) is 25.7 Å². The predicted octanol–water partition coefficient (Wildman–Crippen LogP) is 1.39. The topological polar surface area (TPSA) is 55.6 Å². The van der Waals surface area contributed by atoms with Crippen molar-refractivity contribution in [2.75, 3.05) is 13.7 Å². The van der Waals surface area contributed by atoms with Crippen LogP contribution in [0.15, 0.2) is 0 Å². The number of rotatable bonds is 2. The molecule has 0 aromatic heterocycles. The van der Waals surface area contributed by atoms with Crippen molar-refractivity contribution >= 4 is 5.91 Å². The number of likely N-dealkylation sites (tertiary alicyclic amines) is 1.